The number of fused-ring (bicyclic) bond motifs is 1. The molecule has 1 saturated heterocycles. The minimum absolute atomic E-state index is 0.309. The van der Waals surface area contributed by atoms with E-state index in [9.17, 15) is 0 Å². The van der Waals surface area contributed by atoms with Crippen molar-refractivity contribution < 1.29 is 4.74 Å². The lowest BCUT2D eigenvalue weighted by Crippen LogP contribution is -2.21. The predicted molar refractivity (Wildman–Crippen MR) is 60.6 cm³/mol. The number of tetrazole rings is 1. The lowest BCUT2D eigenvalue weighted by Gasteiger charge is -2.15. The Morgan fingerprint density at radius 1 is 1.53 bits per heavy atom. The highest BCUT2D eigenvalue weighted by Crippen LogP contribution is 2.20. The Labute approximate surface area is 98.2 Å². The summed E-state index contributed by atoms with van der Waals surface area (Å²) in [6.45, 7) is 3.80. The molecule has 3 rings (SSSR count). The summed E-state index contributed by atoms with van der Waals surface area (Å²) in [7, 11) is 0. The number of ether oxygens (including phenoxy) is 1. The van der Waals surface area contributed by atoms with E-state index in [2.05, 4.69) is 32.7 Å². The largest absolute Gasteiger partial charge is 0.378 e. The molecule has 3 heterocycles. The molecule has 2 aromatic heterocycles. The standard InChI is InChI=1S/C10H14N6O/c1-7-8(2-3-17-7)4-12-9-5-11-6-10-13-14-15-16(9)10/h5-8,12H,2-4H2,1H3. The van der Waals surface area contributed by atoms with Gasteiger partial charge in [-0.05, 0) is 23.8 Å². The molecule has 1 N–H and O–H groups in total. The molecule has 0 aromatic carbocycles. The summed E-state index contributed by atoms with van der Waals surface area (Å²) in [5.41, 5.74) is 0.644. The molecule has 1 fully saturated rings. The zero-order chi connectivity index (χ0) is 11.7. The van der Waals surface area contributed by atoms with Crippen LogP contribution in [0.1, 0.15) is 13.3 Å². The number of rotatable bonds is 3. The first-order valence-corrected chi connectivity index (χ1v) is 5.72. The van der Waals surface area contributed by atoms with E-state index in [4.69, 9.17) is 4.74 Å². The molecular formula is C10H14N6O. The highest BCUT2D eigenvalue weighted by molar-refractivity contribution is 5.43. The van der Waals surface area contributed by atoms with Crippen LogP contribution < -0.4 is 5.32 Å². The Bertz CT molecular complexity index is 512. The number of anilines is 1. The number of nitrogens with zero attached hydrogens (tertiary/aromatic N) is 5. The van der Waals surface area contributed by atoms with Crippen molar-refractivity contribution in [3.8, 4) is 0 Å². The number of aromatic nitrogens is 5. The molecule has 7 nitrogen and oxygen atoms in total. The predicted octanol–water partition coefficient (Wildman–Crippen LogP) is 0.356. The zero-order valence-electron chi connectivity index (χ0n) is 9.58. The van der Waals surface area contributed by atoms with E-state index in [0.717, 1.165) is 25.4 Å². The van der Waals surface area contributed by atoms with E-state index in [1.54, 1.807) is 16.9 Å². The fraction of sp³-hybridized carbons (Fsp3) is 0.600. The number of nitrogens with one attached hydrogen (secondary N) is 1. The topological polar surface area (TPSA) is 77.2 Å². The first-order valence-electron chi connectivity index (χ1n) is 5.72. The molecule has 2 atom stereocenters. The smallest absolute Gasteiger partial charge is 0.199 e. The molecule has 0 radical (unpaired) electrons. The van der Waals surface area contributed by atoms with Crippen LogP contribution >= 0.6 is 0 Å². The maximum Gasteiger partial charge on any atom is 0.199 e. The molecule has 1 aliphatic heterocycles. The Hall–Kier alpha value is -1.76. The monoisotopic (exact) mass is 234 g/mol. The summed E-state index contributed by atoms with van der Waals surface area (Å²) in [6, 6.07) is 0. The average Bonchev–Trinajstić information content (AvgIpc) is 2.95. The van der Waals surface area contributed by atoms with Gasteiger partial charge in [0.15, 0.2) is 5.65 Å². The summed E-state index contributed by atoms with van der Waals surface area (Å²) >= 11 is 0. The van der Waals surface area contributed by atoms with Crippen molar-refractivity contribution in [2.75, 3.05) is 18.5 Å². The Morgan fingerprint density at radius 3 is 3.29 bits per heavy atom. The van der Waals surface area contributed by atoms with E-state index < -0.39 is 0 Å². The highest BCUT2D eigenvalue weighted by atomic mass is 16.5. The van der Waals surface area contributed by atoms with Gasteiger partial charge in [0.25, 0.3) is 0 Å². The van der Waals surface area contributed by atoms with Gasteiger partial charge < -0.3 is 10.1 Å². The molecule has 2 unspecified atom stereocenters. The fourth-order valence-electron chi connectivity index (χ4n) is 2.08. The van der Waals surface area contributed by atoms with Gasteiger partial charge in [0.2, 0.25) is 0 Å². The molecular weight excluding hydrogens is 220 g/mol. The molecule has 0 amide bonds. The van der Waals surface area contributed by atoms with Crippen molar-refractivity contribution in [1.29, 1.82) is 0 Å². The average molecular weight is 234 g/mol. The maximum atomic E-state index is 5.52. The van der Waals surface area contributed by atoms with E-state index in [0.29, 0.717) is 17.7 Å². The van der Waals surface area contributed by atoms with Gasteiger partial charge in [0.1, 0.15) is 5.82 Å². The van der Waals surface area contributed by atoms with Crippen LogP contribution in [0.3, 0.4) is 0 Å². The number of hydrogen-bond donors (Lipinski definition) is 1. The lowest BCUT2D eigenvalue weighted by atomic mass is 10.0. The van der Waals surface area contributed by atoms with Crippen molar-refractivity contribution in [3.05, 3.63) is 12.4 Å². The van der Waals surface area contributed by atoms with E-state index in [1.807, 2.05) is 0 Å². The molecule has 2 aromatic rings. The van der Waals surface area contributed by atoms with Crippen molar-refractivity contribution in [3.63, 3.8) is 0 Å². The van der Waals surface area contributed by atoms with Crippen LogP contribution in [0.4, 0.5) is 5.82 Å². The van der Waals surface area contributed by atoms with E-state index in [-0.39, 0.29) is 0 Å². The molecule has 7 heteroatoms. The van der Waals surface area contributed by atoms with Crippen LogP contribution in [0.25, 0.3) is 5.65 Å². The van der Waals surface area contributed by atoms with Crippen LogP contribution in [-0.2, 0) is 4.74 Å². The van der Waals surface area contributed by atoms with Crippen LogP contribution in [0.5, 0.6) is 0 Å². The van der Waals surface area contributed by atoms with Crippen LogP contribution in [0, 0.1) is 5.92 Å². The van der Waals surface area contributed by atoms with Gasteiger partial charge in [-0.25, -0.2) is 0 Å². The molecule has 90 valence electrons. The Morgan fingerprint density at radius 2 is 2.47 bits per heavy atom. The lowest BCUT2D eigenvalue weighted by molar-refractivity contribution is 0.108. The molecule has 0 bridgehead atoms. The molecule has 0 aliphatic carbocycles. The summed E-state index contributed by atoms with van der Waals surface area (Å²) < 4.78 is 7.17. The fourth-order valence-corrected chi connectivity index (χ4v) is 2.08. The third kappa shape index (κ3) is 1.93. The molecule has 0 saturated carbocycles. The van der Waals surface area contributed by atoms with Gasteiger partial charge in [0, 0.05) is 19.1 Å². The second kappa shape index (κ2) is 4.25. The molecule has 0 spiro atoms. The van der Waals surface area contributed by atoms with Gasteiger partial charge in [-0.2, -0.15) is 4.52 Å². The zero-order valence-corrected chi connectivity index (χ0v) is 9.58. The van der Waals surface area contributed by atoms with Crippen LogP contribution in [0.15, 0.2) is 12.4 Å². The van der Waals surface area contributed by atoms with Crippen molar-refractivity contribution in [2.24, 2.45) is 5.92 Å². The second-order valence-corrected chi connectivity index (χ2v) is 4.25. The van der Waals surface area contributed by atoms with Gasteiger partial charge in [-0.1, -0.05) is 0 Å². The first-order chi connectivity index (χ1) is 8.34. The third-order valence-corrected chi connectivity index (χ3v) is 3.19. The van der Waals surface area contributed by atoms with Gasteiger partial charge in [-0.15, -0.1) is 5.10 Å². The quantitative estimate of drug-likeness (QED) is 0.826. The third-order valence-electron chi connectivity index (χ3n) is 3.19. The Kier molecular flexibility index (Phi) is 2.60. The Balaban J connectivity index is 1.74. The second-order valence-electron chi connectivity index (χ2n) is 4.25. The van der Waals surface area contributed by atoms with Crippen LogP contribution in [-0.4, -0.2) is 44.3 Å². The normalized spacial score (nSPS) is 24.3. The summed E-state index contributed by atoms with van der Waals surface area (Å²) in [6.07, 6.45) is 4.76. The highest BCUT2D eigenvalue weighted by Gasteiger charge is 2.23. The summed E-state index contributed by atoms with van der Waals surface area (Å²) in [5, 5.41) is 14.7. The van der Waals surface area contributed by atoms with E-state index >= 15 is 0 Å². The summed E-state index contributed by atoms with van der Waals surface area (Å²) in [5.74, 6) is 1.34. The van der Waals surface area contributed by atoms with Crippen molar-refractivity contribution in [1.82, 2.24) is 25.0 Å². The van der Waals surface area contributed by atoms with Gasteiger partial charge in [0.05, 0.1) is 18.5 Å². The van der Waals surface area contributed by atoms with Gasteiger partial charge in [-0.3, -0.25) is 4.98 Å². The molecule has 17 heavy (non-hydrogen) atoms. The maximum absolute atomic E-state index is 5.52. The molecule has 1 aliphatic rings. The minimum Gasteiger partial charge on any atom is -0.378 e. The number of hydrogen-bond acceptors (Lipinski definition) is 6. The van der Waals surface area contributed by atoms with Crippen molar-refractivity contribution >= 4 is 11.5 Å². The minimum atomic E-state index is 0.309. The SMILES string of the molecule is CC1OCCC1CNc1cncc2nnnn12. The van der Waals surface area contributed by atoms with Gasteiger partial charge >= 0.3 is 0 Å². The van der Waals surface area contributed by atoms with E-state index in [1.165, 1.54) is 0 Å². The van der Waals surface area contributed by atoms with Crippen molar-refractivity contribution in [2.45, 2.75) is 19.4 Å². The first kappa shape index (κ1) is 10.4. The summed E-state index contributed by atoms with van der Waals surface area (Å²) in [4.78, 5) is 4.09. The van der Waals surface area contributed by atoms with Crippen LogP contribution in [0.2, 0.25) is 0 Å².